The van der Waals surface area contributed by atoms with E-state index in [9.17, 15) is 4.79 Å². The minimum Gasteiger partial charge on any atom is -0.388 e. The van der Waals surface area contributed by atoms with Crippen molar-refractivity contribution in [3.8, 4) is 11.4 Å². The lowest BCUT2D eigenvalue weighted by Gasteiger charge is -2.36. The number of nitrogens with zero attached hydrogens (tertiary/aromatic N) is 5. The number of imidazole rings is 1. The minimum atomic E-state index is -0.128. The smallest absolute Gasteiger partial charge is 0.240 e. The van der Waals surface area contributed by atoms with Crippen molar-refractivity contribution in [1.29, 1.82) is 0 Å². The fraction of sp³-hybridized carbons (Fsp3) is 0.304. The van der Waals surface area contributed by atoms with E-state index in [-0.39, 0.29) is 12.5 Å². The number of H-pyrrole nitrogens is 1. The van der Waals surface area contributed by atoms with E-state index < -0.39 is 0 Å². The summed E-state index contributed by atoms with van der Waals surface area (Å²) in [6, 6.07) is 9.72. The molecule has 176 valence electrons. The Balaban J connectivity index is 1.29. The van der Waals surface area contributed by atoms with Crippen molar-refractivity contribution in [1.82, 2.24) is 25.0 Å². The van der Waals surface area contributed by atoms with Gasteiger partial charge in [-0.1, -0.05) is 16.8 Å². The minimum absolute atomic E-state index is 0.128. The number of amides is 1. The fourth-order valence-electron chi connectivity index (χ4n) is 4.09. The number of carbonyl (C=O) groups excluding carboxylic acids is 1. The Hall–Kier alpha value is -3.63. The van der Waals surface area contributed by atoms with Gasteiger partial charge in [-0.15, -0.1) is 0 Å². The van der Waals surface area contributed by atoms with E-state index in [2.05, 4.69) is 40.5 Å². The number of carbonyl (C=O) groups is 1. The van der Waals surface area contributed by atoms with Gasteiger partial charge < -0.3 is 19.7 Å². The number of nitrogens with one attached hydrogen (secondary N) is 3. The third-order valence-electron chi connectivity index (χ3n) is 5.84. The van der Waals surface area contributed by atoms with E-state index in [0.29, 0.717) is 16.6 Å². The molecule has 4 aromatic rings. The Labute approximate surface area is 201 Å². The highest BCUT2D eigenvalue weighted by atomic mass is 35.5. The molecule has 3 aromatic heterocycles. The van der Waals surface area contributed by atoms with Gasteiger partial charge in [-0.3, -0.25) is 15.0 Å². The van der Waals surface area contributed by atoms with Crippen LogP contribution in [0.5, 0.6) is 0 Å². The first kappa shape index (κ1) is 22.2. The number of halogens is 1. The second kappa shape index (κ2) is 9.32. The Morgan fingerprint density at radius 1 is 1.21 bits per heavy atom. The van der Waals surface area contributed by atoms with Gasteiger partial charge >= 0.3 is 0 Å². The van der Waals surface area contributed by atoms with Gasteiger partial charge in [-0.2, -0.15) is 0 Å². The second-order valence-electron chi connectivity index (χ2n) is 8.21. The number of benzene rings is 1. The molecule has 4 heterocycles. The molecule has 0 atom stereocenters. The second-order valence-corrected chi connectivity index (χ2v) is 8.62. The number of aryl methyl sites for hydroxylation is 1. The number of anilines is 3. The van der Waals surface area contributed by atoms with Crippen LogP contribution in [0.25, 0.3) is 22.6 Å². The topological polar surface area (TPSA) is 115 Å². The Morgan fingerprint density at radius 2 is 1.97 bits per heavy atom. The lowest BCUT2D eigenvalue weighted by molar-refractivity contribution is -0.117. The summed E-state index contributed by atoms with van der Waals surface area (Å²) in [6.07, 6.45) is 1.65. The average molecular weight is 481 g/mol. The number of piperazine rings is 1. The summed E-state index contributed by atoms with van der Waals surface area (Å²) < 4.78 is 5.06. The van der Waals surface area contributed by atoms with E-state index in [4.69, 9.17) is 16.1 Å². The highest BCUT2D eigenvalue weighted by Crippen LogP contribution is 2.34. The van der Waals surface area contributed by atoms with E-state index >= 15 is 0 Å². The molecule has 0 bridgehead atoms. The molecule has 0 saturated carbocycles. The van der Waals surface area contributed by atoms with Gasteiger partial charge in [0.25, 0.3) is 0 Å². The maximum absolute atomic E-state index is 12.3. The number of hydrogen-bond donors (Lipinski definition) is 3. The van der Waals surface area contributed by atoms with E-state index in [1.165, 1.54) is 0 Å². The van der Waals surface area contributed by atoms with Crippen LogP contribution in [0.4, 0.5) is 17.3 Å². The molecular formula is C23H25ClN8O2. The zero-order chi connectivity index (χ0) is 23.7. The van der Waals surface area contributed by atoms with Crippen molar-refractivity contribution in [2.24, 2.45) is 0 Å². The van der Waals surface area contributed by atoms with Crippen LogP contribution >= 0.6 is 11.6 Å². The standard InChI is InChI=1S/C23H25ClN8O2/c1-14-11-19(34-30-14)27-18(33)13-31-7-9-32(10-8-31)21-17(24)12-26-23-20(21)28-22(29-23)15-3-5-16(25-2)6-4-15/h3-6,11-12,25H,7-10,13H2,1-2H3,(H,27,33)(H,26,28,29). The molecule has 10 nitrogen and oxygen atoms in total. The van der Waals surface area contributed by atoms with E-state index in [0.717, 1.165) is 60.2 Å². The van der Waals surface area contributed by atoms with Crippen molar-refractivity contribution in [2.45, 2.75) is 6.92 Å². The maximum atomic E-state index is 12.3. The van der Waals surface area contributed by atoms with Gasteiger partial charge in [0, 0.05) is 50.5 Å². The summed E-state index contributed by atoms with van der Waals surface area (Å²) in [7, 11) is 1.89. The van der Waals surface area contributed by atoms with Gasteiger partial charge in [0.15, 0.2) is 5.65 Å². The van der Waals surface area contributed by atoms with Crippen LogP contribution in [0.2, 0.25) is 5.02 Å². The third kappa shape index (κ3) is 4.55. The van der Waals surface area contributed by atoms with Gasteiger partial charge in [0.1, 0.15) is 11.3 Å². The van der Waals surface area contributed by atoms with Crippen LogP contribution in [-0.2, 0) is 4.79 Å². The summed E-state index contributed by atoms with van der Waals surface area (Å²) in [5.41, 5.74) is 5.05. The average Bonchev–Trinajstić information content (AvgIpc) is 3.45. The normalized spacial score (nSPS) is 14.5. The molecule has 0 spiro atoms. The first-order valence-electron chi connectivity index (χ1n) is 11.0. The monoisotopic (exact) mass is 480 g/mol. The Bertz CT molecular complexity index is 1310. The first-order valence-corrected chi connectivity index (χ1v) is 11.4. The fourth-order valence-corrected chi connectivity index (χ4v) is 4.36. The van der Waals surface area contributed by atoms with Crippen molar-refractivity contribution in [2.75, 3.05) is 55.3 Å². The molecule has 34 heavy (non-hydrogen) atoms. The zero-order valence-electron chi connectivity index (χ0n) is 18.9. The van der Waals surface area contributed by atoms with E-state index in [1.807, 2.05) is 38.2 Å². The number of hydrogen-bond acceptors (Lipinski definition) is 8. The molecule has 0 aliphatic carbocycles. The Morgan fingerprint density at radius 3 is 2.65 bits per heavy atom. The van der Waals surface area contributed by atoms with Crippen molar-refractivity contribution in [3.63, 3.8) is 0 Å². The van der Waals surface area contributed by atoms with Crippen molar-refractivity contribution < 1.29 is 9.32 Å². The molecule has 3 N–H and O–H groups in total. The molecule has 11 heteroatoms. The molecule has 1 aliphatic heterocycles. The lowest BCUT2D eigenvalue weighted by Crippen LogP contribution is -2.48. The number of aromatic amines is 1. The van der Waals surface area contributed by atoms with Gasteiger partial charge in [-0.25, -0.2) is 9.97 Å². The van der Waals surface area contributed by atoms with Crippen LogP contribution in [-0.4, -0.2) is 70.7 Å². The summed E-state index contributed by atoms with van der Waals surface area (Å²) >= 11 is 6.59. The number of rotatable bonds is 6. The summed E-state index contributed by atoms with van der Waals surface area (Å²) in [6.45, 7) is 4.97. The number of aromatic nitrogens is 4. The summed E-state index contributed by atoms with van der Waals surface area (Å²) in [4.78, 5) is 29.2. The molecular weight excluding hydrogens is 456 g/mol. The van der Waals surface area contributed by atoms with Gasteiger partial charge in [0.2, 0.25) is 11.8 Å². The molecule has 1 amide bonds. The summed E-state index contributed by atoms with van der Waals surface area (Å²) in [5, 5.41) is 10.2. The molecule has 1 aromatic carbocycles. The van der Waals surface area contributed by atoms with Crippen LogP contribution < -0.4 is 15.5 Å². The van der Waals surface area contributed by atoms with E-state index in [1.54, 1.807) is 12.3 Å². The molecule has 5 rings (SSSR count). The molecule has 0 radical (unpaired) electrons. The number of pyridine rings is 1. The van der Waals surface area contributed by atoms with Crippen LogP contribution in [0.3, 0.4) is 0 Å². The zero-order valence-corrected chi connectivity index (χ0v) is 19.7. The largest absolute Gasteiger partial charge is 0.388 e. The first-order chi connectivity index (χ1) is 16.5. The van der Waals surface area contributed by atoms with Crippen LogP contribution in [0, 0.1) is 6.92 Å². The Kier molecular flexibility index (Phi) is 6.08. The molecule has 0 unspecified atom stereocenters. The highest BCUT2D eigenvalue weighted by molar-refractivity contribution is 6.34. The number of fused-ring (bicyclic) bond motifs is 1. The predicted octanol–water partition coefficient (Wildman–Crippen LogP) is 3.38. The SMILES string of the molecule is CNc1ccc(-c2nc3ncc(Cl)c(N4CCN(CC(=O)Nc5cc(C)no5)CC4)c3[nH]2)cc1. The van der Waals surface area contributed by atoms with Crippen molar-refractivity contribution in [3.05, 3.63) is 47.2 Å². The molecule has 1 aliphatic rings. The maximum Gasteiger partial charge on any atom is 0.240 e. The molecule has 1 saturated heterocycles. The molecule has 1 fully saturated rings. The predicted molar refractivity (Wildman–Crippen MR) is 132 cm³/mol. The third-order valence-corrected chi connectivity index (χ3v) is 6.12. The highest BCUT2D eigenvalue weighted by Gasteiger charge is 2.24. The van der Waals surface area contributed by atoms with Crippen LogP contribution in [0.1, 0.15) is 5.69 Å². The van der Waals surface area contributed by atoms with Gasteiger partial charge in [0.05, 0.1) is 29.1 Å². The van der Waals surface area contributed by atoms with Crippen molar-refractivity contribution >= 4 is 45.9 Å². The quantitative estimate of drug-likeness (QED) is 0.384. The van der Waals surface area contributed by atoms with Gasteiger partial charge in [-0.05, 0) is 31.2 Å². The lowest BCUT2D eigenvalue weighted by atomic mass is 10.2. The van der Waals surface area contributed by atoms with Crippen LogP contribution in [0.15, 0.2) is 41.1 Å². The summed E-state index contributed by atoms with van der Waals surface area (Å²) in [5.74, 6) is 0.978.